The van der Waals surface area contributed by atoms with E-state index in [1.165, 1.54) is 11.3 Å². The summed E-state index contributed by atoms with van der Waals surface area (Å²) in [7, 11) is 0. The standard InChI is InChI=1S/C12H12N2O4S2/c15-9(16)6-20-12-13-10-8(2-4-19-10)11(17)14(12)7-1-3-18-5-7/h2,4,7H,1,3,5-6H2,(H,15,16). The van der Waals surface area contributed by atoms with E-state index >= 15 is 0 Å². The maximum atomic E-state index is 12.6. The number of carboxylic acids is 1. The molecule has 1 unspecified atom stereocenters. The summed E-state index contributed by atoms with van der Waals surface area (Å²) >= 11 is 2.46. The minimum absolute atomic E-state index is 0.0596. The number of aliphatic carboxylic acids is 1. The first kappa shape index (κ1) is 13.6. The Morgan fingerprint density at radius 2 is 2.50 bits per heavy atom. The molecule has 3 heterocycles. The van der Waals surface area contributed by atoms with E-state index in [1.54, 1.807) is 10.6 Å². The van der Waals surface area contributed by atoms with Crippen LogP contribution >= 0.6 is 23.1 Å². The van der Waals surface area contributed by atoms with Gasteiger partial charge >= 0.3 is 5.97 Å². The van der Waals surface area contributed by atoms with Gasteiger partial charge in [-0.05, 0) is 17.9 Å². The zero-order chi connectivity index (χ0) is 14.1. The van der Waals surface area contributed by atoms with Gasteiger partial charge in [-0.1, -0.05) is 11.8 Å². The molecule has 1 fully saturated rings. The fraction of sp³-hybridized carbons (Fsp3) is 0.417. The second kappa shape index (κ2) is 5.55. The molecule has 1 N–H and O–H groups in total. The summed E-state index contributed by atoms with van der Waals surface area (Å²) in [4.78, 5) is 28.4. The van der Waals surface area contributed by atoms with Crippen molar-refractivity contribution in [3.8, 4) is 0 Å². The SMILES string of the molecule is O=C(O)CSc1nc2sccc2c(=O)n1C1CCOC1. The second-order valence-electron chi connectivity index (χ2n) is 4.41. The van der Waals surface area contributed by atoms with Gasteiger partial charge in [-0.2, -0.15) is 0 Å². The molecular formula is C12H12N2O4S2. The van der Waals surface area contributed by atoms with Gasteiger partial charge in [0.25, 0.3) is 5.56 Å². The topological polar surface area (TPSA) is 81.4 Å². The van der Waals surface area contributed by atoms with E-state index in [2.05, 4.69) is 4.98 Å². The Labute approximate surface area is 122 Å². The van der Waals surface area contributed by atoms with Gasteiger partial charge in [0.1, 0.15) is 4.83 Å². The van der Waals surface area contributed by atoms with Crippen molar-refractivity contribution in [2.45, 2.75) is 17.6 Å². The lowest BCUT2D eigenvalue weighted by molar-refractivity contribution is -0.133. The van der Waals surface area contributed by atoms with Crippen LogP contribution in [-0.4, -0.2) is 39.6 Å². The van der Waals surface area contributed by atoms with Gasteiger partial charge in [0.05, 0.1) is 23.8 Å². The van der Waals surface area contributed by atoms with E-state index in [9.17, 15) is 9.59 Å². The number of hydrogen-bond acceptors (Lipinski definition) is 6. The molecule has 8 heteroatoms. The first-order valence-electron chi connectivity index (χ1n) is 6.09. The van der Waals surface area contributed by atoms with Crippen LogP contribution in [0.15, 0.2) is 21.4 Å². The van der Waals surface area contributed by atoms with Crippen molar-refractivity contribution in [3.63, 3.8) is 0 Å². The Morgan fingerprint density at radius 1 is 1.65 bits per heavy atom. The zero-order valence-corrected chi connectivity index (χ0v) is 12.1. The molecule has 0 amide bonds. The van der Waals surface area contributed by atoms with E-state index < -0.39 is 5.97 Å². The number of carboxylic acid groups (broad SMARTS) is 1. The molecule has 2 aromatic heterocycles. The molecule has 0 aliphatic carbocycles. The van der Waals surface area contributed by atoms with Crippen molar-refractivity contribution < 1.29 is 14.6 Å². The number of thiophene rings is 1. The molecule has 0 aromatic carbocycles. The Hall–Kier alpha value is -1.38. The Morgan fingerprint density at radius 3 is 3.20 bits per heavy atom. The third-order valence-corrected chi connectivity index (χ3v) is 4.84. The van der Waals surface area contributed by atoms with Gasteiger partial charge in [-0.15, -0.1) is 11.3 Å². The molecular weight excluding hydrogens is 300 g/mol. The van der Waals surface area contributed by atoms with Gasteiger partial charge in [-0.25, -0.2) is 4.98 Å². The Bertz CT molecular complexity index is 703. The number of aromatic nitrogens is 2. The van der Waals surface area contributed by atoms with Gasteiger partial charge in [0.2, 0.25) is 0 Å². The molecule has 6 nitrogen and oxygen atoms in total. The van der Waals surface area contributed by atoms with E-state index in [0.29, 0.717) is 28.6 Å². The molecule has 0 radical (unpaired) electrons. The normalized spacial score (nSPS) is 18.7. The number of carbonyl (C=O) groups is 1. The number of fused-ring (bicyclic) bond motifs is 1. The highest BCUT2D eigenvalue weighted by Crippen LogP contribution is 2.26. The number of rotatable bonds is 4. The predicted octanol–water partition coefficient (Wildman–Crippen LogP) is 1.60. The van der Waals surface area contributed by atoms with Gasteiger partial charge in [0, 0.05) is 6.61 Å². The fourth-order valence-electron chi connectivity index (χ4n) is 2.18. The Balaban J connectivity index is 2.11. The molecule has 0 saturated carbocycles. The molecule has 0 spiro atoms. The third-order valence-electron chi connectivity index (χ3n) is 3.09. The largest absolute Gasteiger partial charge is 0.481 e. The highest BCUT2D eigenvalue weighted by atomic mass is 32.2. The first-order valence-corrected chi connectivity index (χ1v) is 7.95. The molecule has 1 atom stereocenters. The number of nitrogens with zero attached hydrogens (tertiary/aromatic N) is 2. The monoisotopic (exact) mass is 312 g/mol. The summed E-state index contributed by atoms with van der Waals surface area (Å²) in [6, 6.07) is 1.70. The Kier molecular flexibility index (Phi) is 3.77. The molecule has 20 heavy (non-hydrogen) atoms. The lowest BCUT2D eigenvalue weighted by atomic mass is 10.2. The van der Waals surface area contributed by atoms with E-state index in [4.69, 9.17) is 9.84 Å². The van der Waals surface area contributed by atoms with E-state index in [-0.39, 0.29) is 17.4 Å². The minimum Gasteiger partial charge on any atom is -0.481 e. The highest BCUT2D eigenvalue weighted by molar-refractivity contribution is 7.99. The molecule has 2 aromatic rings. The van der Waals surface area contributed by atoms with Crippen molar-refractivity contribution in [1.29, 1.82) is 0 Å². The first-order chi connectivity index (χ1) is 9.66. The van der Waals surface area contributed by atoms with Crippen LogP contribution in [0.25, 0.3) is 10.2 Å². The minimum atomic E-state index is -0.926. The summed E-state index contributed by atoms with van der Waals surface area (Å²) in [6.45, 7) is 1.08. The third kappa shape index (κ3) is 2.46. The van der Waals surface area contributed by atoms with Crippen LogP contribution in [0.1, 0.15) is 12.5 Å². The second-order valence-corrected chi connectivity index (χ2v) is 6.25. The fourth-order valence-corrected chi connectivity index (χ4v) is 3.78. The van der Waals surface area contributed by atoms with E-state index in [0.717, 1.165) is 18.2 Å². The van der Waals surface area contributed by atoms with Crippen LogP contribution < -0.4 is 5.56 Å². The smallest absolute Gasteiger partial charge is 0.313 e. The van der Waals surface area contributed by atoms with Crippen LogP contribution in [0.3, 0.4) is 0 Å². The van der Waals surface area contributed by atoms with Crippen LogP contribution in [0, 0.1) is 0 Å². The van der Waals surface area contributed by atoms with Crippen LogP contribution in [0.2, 0.25) is 0 Å². The number of ether oxygens (including phenoxy) is 1. The summed E-state index contributed by atoms with van der Waals surface area (Å²) in [5.74, 6) is -1.04. The zero-order valence-electron chi connectivity index (χ0n) is 10.4. The molecule has 106 valence electrons. The molecule has 1 saturated heterocycles. The lowest BCUT2D eigenvalue weighted by Gasteiger charge is -2.16. The van der Waals surface area contributed by atoms with Gasteiger partial charge < -0.3 is 9.84 Å². The van der Waals surface area contributed by atoms with Crippen LogP contribution in [0.4, 0.5) is 0 Å². The summed E-state index contributed by atoms with van der Waals surface area (Å²) < 4.78 is 6.92. The average Bonchev–Trinajstić information content (AvgIpc) is 3.06. The number of thioether (sulfide) groups is 1. The molecule has 3 rings (SSSR count). The van der Waals surface area contributed by atoms with Gasteiger partial charge in [0.15, 0.2) is 5.16 Å². The number of hydrogen-bond donors (Lipinski definition) is 1. The van der Waals surface area contributed by atoms with Crippen LogP contribution in [0.5, 0.6) is 0 Å². The summed E-state index contributed by atoms with van der Waals surface area (Å²) in [5, 5.41) is 11.7. The highest BCUT2D eigenvalue weighted by Gasteiger charge is 2.24. The van der Waals surface area contributed by atoms with Gasteiger partial charge in [-0.3, -0.25) is 14.2 Å². The molecule has 1 aliphatic heterocycles. The quantitative estimate of drug-likeness (QED) is 0.682. The summed E-state index contributed by atoms with van der Waals surface area (Å²) in [6.07, 6.45) is 0.748. The van der Waals surface area contributed by atoms with Crippen molar-refractivity contribution in [3.05, 3.63) is 21.8 Å². The van der Waals surface area contributed by atoms with Crippen molar-refractivity contribution >= 4 is 39.3 Å². The lowest BCUT2D eigenvalue weighted by Crippen LogP contribution is -2.27. The maximum absolute atomic E-state index is 12.6. The maximum Gasteiger partial charge on any atom is 0.313 e. The summed E-state index contributed by atoms with van der Waals surface area (Å²) in [5.41, 5.74) is -0.111. The predicted molar refractivity (Wildman–Crippen MR) is 76.7 cm³/mol. The van der Waals surface area contributed by atoms with Crippen molar-refractivity contribution in [1.82, 2.24) is 9.55 Å². The van der Waals surface area contributed by atoms with E-state index in [1.807, 2.05) is 5.38 Å². The molecule has 1 aliphatic rings. The molecule has 0 bridgehead atoms. The average molecular weight is 312 g/mol. The van der Waals surface area contributed by atoms with Crippen LogP contribution in [-0.2, 0) is 9.53 Å². The van der Waals surface area contributed by atoms with Crippen molar-refractivity contribution in [2.24, 2.45) is 0 Å². The van der Waals surface area contributed by atoms with Crippen molar-refractivity contribution in [2.75, 3.05) is 19.0 Å².